The van der Waals surface area contributed by atoms with Crippen LogP contribution in [0.15, 0.2) is 72.9 Å². The molecule has 3 aliphatic rings. The molecule has 17 atom stereocenters. The van der Waals surface area contributed by atoms with Crippen LogP contribution >= 0.6 is 0 Å². The Morgan fingerprint density at radius 3 is 1.54 bits per heavy atom. The number of aliphatic hydroxyl groups is 11. The lowest BCUT2D eigenvalue weighted by Gasteiger charge is -2.48. The third-order valence-corrected chi connectivity index (χ3v) is 11.0. The standard InChI is InChI=1S/C46H75NO18/c1-3-5-7-8-9-10-11-12-13-14-15-16-17-18-19-20-22-24-34(52)47-29(30(51)23-21-6-4-2)28-60-44-40(58)37(55)42(32(26-49)62-44)65-46-41(59)38(56)43(33(27-50)63-46)64-45-39(57)36(54)35(53)31(25-48)61-45/h5,7,9-10,12-13,15-16,18-19,21,23,29-33,35-46,48-51,53-59H,3-4,6,8,11,14,17,20,22,24-28H2,1-2H3,(H,47,52)/b7-5-,10-9-,13-12-,16-15-,19-18-,23-21+. The van der Waals surface area contributed by atoms with Gasteiger partial charge in [0.2, 0.25) is 5.91 Å². The van der Waals surface area contributed by atoms with Gasteiger partial charge >= 0.3 is 0 Å². The molecular formula is C46H75NO18. The second-order valence-electron chi connectivity index (χ2n) is 16.1. The second-order valence-corrected chi connectivity index (χ2v) is 16.1. The smallest absolute Gasteiger partial charge is 0.220 e. The van der Waals surface area contributed by atoms with Crippen molar-refractivity contribution >= 4 is 5.91 Å². The lowest BCUT2D eigenvalue weighted by Crippen LogP contribution is -2.66. The molecule has 3 fully saturated rings. The largest absolute Gasteiger partial charge is 0.394 e. The summed E-state index contributed by atoms with van der Waals surface area (Å²) in [5.41, 5.74) is 0. The Morgan fingerprint density at radius 1 is 0.569 bits per heavy atom. The molecule has 0 bridgehead atoms. The molecule has 0 aromatic carbocycles. The number of carbonyl (C=O) groups is 1. The average molecular weight is 930 g/mol. The van der Waals surface area contributed by atoms with Gasteiger partial charge in [0.1, 0.15) is 73.2 Å². The SMILES string of the molecule is CC/C=C\C/C=C\C/C=C\C/C=C\C/C=C\CCCC(=O)NC(COC1OC(CO)C(OC2OC(CO)C(OC3OC(CO)C(O)C(O)C3O)C(O)C2O)C(O)C1O)C(O)/C=C/CCC. The summed E-state index contributed by atoms with van der Waals surface area (Å²) in [5.74, 6) is -0.351. The molecule has 12 N–H and O–H groups in total. The van der Waals surface area contributed by atoms with Crippen molar-refractivity contribution in [3.63, 3.8) is 0 Å². The van der Waals surface area contributed by atoms with Crippen LogP contribution in [0.25, 0.3) is 0 Å². The van der Waals surface area contributed by atoms with Crippen LogP contribution in [0.1, 0.15) is 78.1 Å². The Kier molecular flexibility index (Phi) is 27.2. The predicted octanol–water partition coefficient (Wildman–Crippen LogP) is -0.425. The molecular weight excluding hydrogens is 854 g/mol. The Balaban J connectivity index is 1.52. The molecule has 0 aromatic rings. The van der Waals surface area contributed by atoms with E-state index >= 15 is 0 Å². The van der Waals surface area contributed by atoms with Crippen LogP contribution in [-0.4, -0.2) is 193 Å². The number of ether oxygens (including phenoxy) is 6. The van der Waals surface area contributed by atoms with E-state index in [2.05, 4.69) is 60.8 Å². The topological polar surface area (TPSA) is 307 Å². The molecule has 3 saturated heterocycles. The molecule has 3 rings (SSSR count). The third-order valence-electron chi connectivity index (χ3n) is 11.0. The van der Waals surface area contributed by atoms with Crippen molar-refractivity contribution in [2.24, 2.45) is 0 Å². The average Bonchev–Trinajstić information content (AvgIpc) is 3.30. The molecule has 65 heavy (non-hydrogen) atoms. The van der Waals surface area contributed by atoms with Crippen molar-refractivity contribution in [1.29, 1.82) is 0 Å². The number of amides is 1. The van der Waals surface area contributed by atoms with Crippen molar-refractivity contribution < 1.29 is 89.4 Å². The molecule has 372 valence electrons. The van der Waals surface area contributed by atoms with Crippen molar-refractivity contribution in [1.82, 2.24) is 5.32 Å². The minimum Gasteiger partial charge on any atom is -0.394 e. The van der Waals surface area contributed by atoms with Gasteiger partial charge in [-0.05, 0) is 51.4 Å². The number of hydrogen-bond acceptors (Lipinski definition) is 18. The van der Waals surface area contributed by atoms with Crippen LogP contribution < -0.4 is 5.32 Å². The van der Waals surface area contributed by atoms with Gasteiger partial charge in [0.15, 0.2) is 18.9 Å². The van der Waals surface area contributed by atoms with Crippen molar-refractivity contribution in [2.45, 2.75) is 182 Å². The van der Waals surface area contributed by atoms with E-state index in [0.29, 0.717) is 19.3 Å². The number of aliphatic hydroxyl groups excluding tert-OH is 11. The van der Waals surface area contributed by atoms with E-state index in [1.54, 1.807) is 6.08 Å². The van der Waals surface area contributed by atoms with Crippen LogP contribution in [0.5, 0.6) is 0 Å². The van der Waals surface area contributed by atoms with E-state index in [0.717, 1.165) is 38.5 Å². The van der Waals surface area contributed by atoms with Crippen molar-refractivity contribution in [3.05, 3.63) is 72.9 Å². The molecule has 0 aliphatic carbocycles. The summed E-state index contributed by atoms with van der Waals surface area (Å²) in [4.78, 5) is 13.0. The van der Waals surface area contributed by atoms with Gasteiger partial charge in [-0.2, -0.15) is 0 Å². The summed E-state index contributed by atoms with van der Waals surface area (Å²) in [6.45, 7) is 1.25. The monoisotopic (exact) mass is 929 g/mol. The summed E-state index contributed by atoms with van der Waals surface area (Å²) in [6, 6.07) is -1.00. The zero-order valence-corrected chi connectivity index (χ0v) is 37.4. The fourth-order valence-electron chi connectivity index (χ4n) is 7.17. The summed E-state index contributed by atoms with van der Waals surface area (Å²) >= 11 is 0. The normalized spacial score (nSPS) is 34.8. The first-order chi connectivity index (χ1) is 31.3. The van der Waals surface area contributed by atoms with Gasteiger partial charge in [-0.25, -0.2) is 0 Å². The van der Waals surface area contributed by atoms with Crippen LogP contribution in [0.4, 0.5) is 0 Å². The Hall–Kier alpha value is -2.77. The van der Waals surface area contributed by atoms with E-state index in [9.17, 15) is 61.0 Å². The summed E-state index contributed by atoms with van der Waals surface area (Å²) in [7, 11) is 0. The number of rotatable bonds is 28. The van der Waals surface area contributed by atoms with Gasteiger partial charge in [0.25, 0.3) is 0 Å². The van der Waals surface area contributed by atoms with Crippen molar-refractivity contribution in [3.8, 4) is 0 Å². The first-order valence-corrected chi connectivity index (χ1v) is 22.7. The summed E-state index contributed by atoms with van der Waals surface area (Å²) in [6.07, 6.45) is 4.80. The van der Waals surface area contributed by atoms with Gasteiger partial charge in [-0.3, -0.25) is 4.79 Å². The maximum atomic E-state index is 13.0. The number of unbranched alkanes of at least 4 members (excludes halogenated alkanes) is 2. The molecule has 19 nitrogen and oxygen atoms in total. The maximum absolute atomic E-state index is 13.0. The van der Waals surface area contributed by atoms with Gasteiger partial charge in [-0.15, -0.1) is 0 Å². The van der Waals surface area contributed by atoms with Gasteiger partial charge in [0, 0.05) is 6.42 Å². The summed E-state index contributed by atoms with van der Waals surface area (Å²) in [5, 5.41) is 118. The molecule has 19 heteroatoms. The minimum atomic E-state index is -1.98. The molecule has 0 saturated carbocycles. The van der Waals surface area contributed by atoms with Gasteiger partial charge in [0.05, 0.1) is 38.6 Å². The molecule has 0 spiro atoms. The predicted molar refractivity (Wildman–Crippen MR) is 235 cm³/mol. The highest BCUT2D eigenvalue weighted by atomic mass is 16.8. The number of allylic oxidation sites excluding steroid dienone is 11. The lowest BCUT2D eigenvalue weighted by molar-refractivity contribution is -0.379. The highest BCUT2D eigenvalue weighted by Gasteiger charge is 2.53. The van der Waals surface area contributed by atoms with Gasteiger partial charge in [-0.1, -0.05) is 93.2 Å². The van der Waals surface area contributed by atoms with Crippen LogP contribution in [-0.2, 0) is 33.2 Å². The number of hydrogen-bond donors (Lipinski definition) is 12. The molecule has 3 aliphatic heterocycles. The fourth-order valence-corrected chi connectivity index (χ4v) is 7.17. The fraction of sp³-hybridized carbons (Fsp3) is 0.717. The third kappa shape index (κ3) is 18.3. The summed E-state index contributed by atoms with van der Waals surface area (Å²) < 4.78 is 33.7. The zero-order chi connectivity index (χ0) is 47.7. The quantitative estimate of drug-likeness (QED) is 0.0350. The molecule has 1 amide bonds. The first kappa shape index (κ1) is 56.6. The minimum absolute atomic E-state index is 0.157. The van der Waals surface area contributed by atoms with Crippen molar-refractivity contribution in [2.75, 3.05) is 26.4 Å². The van der Waals surface area contributed by atoms with E-state index in [-0.39, 0.29) is 18.9 Å². The van der Waals surface area contributed by atoms with Crippen LogP contribution in [0.3, 0.4) is 0 Å². The second kappa shape index (κ2) is 31.3. The van der Waals surface area contributed by atoms with E-state index in [1.807, 2.05) is 19.1 Å². The van der Waals surface area contributed by atoms with Crippen LogP contribution in [0.2, 0.25) is 0 Å². The lowest BCUT2D eigenvalue weighted by atomic mass is 9.96. The Bertz CT molecular complexity index is 1490. The maximum Gasteiger partial charge on any atom is 0.220 e. The number of nitrogens with one attached hydrogen (secondary N) is 1. The highest BCUT2D eigenvalue weighted by Crippen LogP contribution is 2.32. The van der Waals surface area contributed by atoms with Crippen LogP contribution in [0, 0.1) is 0 Å². The van der Waals surface area contributed by atoms with E-state index in [1.165, 1.54) is 6.08 Å². The van der Waals surface area contributed by atoms with E-state index < -0.39 is 124 Å². The molecule has 17 unspecified atom stereocenters. The first-order valence-electron chi connectivity index (χ1n) is 22.7. The molecule has 3 heterocycles. The highest BCUT2D eigenvalue weighted by molar-refractivity contribution is 5.76. The number of carbonyl (C=O) groups excluding carboxylic acids is 1. The van der Waals surface area contributed by atoms with Gasteiger partial charge < -0.3 is 89.9 Å². The Morgan fingerprint density at radius 2 is 1.03 bits per heavy atom. The zero-order valence-electron chi connectivity index (χ0n) is 37.4. The van der Waals surface area contributed by atoms with E-state index in [4.69, 9.17) is 28.4 Å². The molecule has 0 aromatic heterocycles. The molecule has 0 radical (unpaired) electrons. The Labute approximate surface area is 381 Å².